The van der Waals surface area contributed by atoms with Gasteiger partial charge < -0.3 is 30.2 Å². The minimum Gasteiger partial charge on any atom is -0.459 e. The molecule has 2 aliphatic rings. The van der Waals surface area contributed by atoms with Crippen LogP contribution >= 0.6 is 23.1 Å². The molecule has 3 N–H and O–H groups in total. The number of amides is 3. The lowest BCUT2D eigenvalue weighted by molar-refractivity contribution is -0.384. The molecular formula is C21H20N6O9S2. The van der Waals surface area contributed by atoms with Crippen molar-refractivity contribution in [3.63, 3.8) is 0 Å². The van der Waals surface area contributed by atoms with E-state index in [0.29, 0.717) is 12.0 Å². The van der Waals surface area contributed by atoms with E-state index in [0.717, 1.165) is 16.2 Å². The van der Waals surface area contributed by atoms with Crippen LogP contribution in [0.2, 0.25) is 0 Å². The number of nitrogens with one attached hydrogen (secondary N) is 2. The summed E-state index contributed by atoms with van der Waals surface area (Å²) < 4.78 is 5.27. The van der Waals surface area contributed by atoms with Crippen molar-refractivity contribution >= 4 is 63.8 Å². The number of thioether (sulfide) groups is 1. The van der Waals surface area contributed by atoms with Crippen LogP contribution in [0.4, 0.5) is 10.8 Å². The molecule has 2 fully saturated rings. The Morgan fingerprint density at radius 3 is 2.76 bits per heavy atom. The Bertz CT molecular complexity index is 1280. The lowest BCUT2D eigenvalue weighted by Crippen LogP contribution is -2.77. The van der Waals surface area contributed by atoms with E-state index in [2.05, 4.69) is 20.8 Å². The van der Waals surface area contributed by atoms with Gasteiger partial charge in [-0.2, -0.15) is 0 Å². The molecule has 15 nitrogen and oxygen atoms in total. The Balaban J connectivity index is 1.41. The fraction of sp³-hybridized carbons (Fsp3) is 0.333. The van der Waals surface area contributed by atoms with E-state index in [1.807, 2.05) is 0 Å². The van der Waals surface area contributed by atoms with Crippen LogP contribution in [-0.4, -0.2) is 86.2 Å². The van der Waals surface area contributed by atoms with Crippen molar-refractivity contribution in [3.8, 4) is 0 Å². The number of aliphatic hydroxyl groups is 1. The smallest absolute Gasteiger partial charge is 0.331 e. The van der Waals surface area contributed by atoms with Crippen molar-refractivity contribution in [1.82, 2.24) is 15.2 Å². The number of nitro groups is 1. The van der Waals surface area contributed by atoms with Gasteiger partial charge in [0.25, 0.3) is 11.6 Å². The average molecular weight is 565 g/mol. The Morgan fingerprint density at radius 1 is 1.37 bits per heavy atom. The SMILES string of the molecule is CO/N=C(\C(=O)NC1C(=O)N2C(C(=O)OCc3ccc([N+](=O)[O-])cc3)C(O)CS[C@H]12)c1csc(NC=O)n1. The number of β-lactam (4-membered cyclic amide) rings is 1. The largest absolute Gasteiger partial charge is 0.459 e. The minimum absolute atomic E-state index is 0.101. The highest BCUT2D eigenvalue weighted by Crippen LogP contribution is 2.38. The summed E-state index contributed by atoms with van der Waals surface area (Å²) in [6.45, 7) is -0.217. The number of nitrogens with zero attached hydrogens (tertiary/aromatic N) is 4. The third-order valence-corrected chi connectivity index (χ3v) is 7.71. The molecule has 0 radical (unpaired) electrons. The Hall–Kier alpha value is -4.09. The lowest BCUT2D eigenvalue weighted by atomic mass is 9.99. The van der Waals surface area contributed by atoms with Gasteiger partial charge in [0.05, 0.1) is 11.0 Å². The van der Waals surface area contributed by atoms with Gasteiger partial charge in [0.2, 0.25) is 12.3 Å². The van der Waals surface area contributed by atoms with E-state index in [4.69, 9.17) is 9.57 Å². The van der Waals surface area contributed by atoms with E-state index in [1.165, 1.54) is 48.5 Å². The summed E-state index contributed by atoms with van der Waals surface area (Å²) in [6, 6.07) is 3.09. The monoisotopic (exact) mass is 564 g/mol. The molecule has 3 unspecified atom stereocenters. The van der Waals surface area contributed by atoms with Gasteiger partial charge in [0.15, 0.2) is 16.9 Å². The molecule has 0 aliphatic carbocycles. The second kappa shape index (κ2) is 11.5. The van der Waals surface area contributed by atoms with Crippen LogP contribution in [0.25, 0.3) is 0 Å². The van der Waals surface area contributed by atoms with Crippen LogP contribution in [0.3, 0.4) is 0 Å². The molecule has 17 heteroatoms. The molecule has 2 aromatic rings. The second-order valence-electron chi connectivity index (χ2n) is 7.89. The van der Waals surface area contributed by atoms with E-state index < -0.39 is 46.3 Å². The Labute approximate surface area is 222 Å². The maximum absolute atomic E-state index is 13.0. The maximum Gasteiger partial charge on any atom is 0.331 e. The molecule has 1 aromatic carbocycles. The number of carbonyl (C=O) groups excluding carboxylic acids is 4. The quantitative estimate of drug-likeness (QED) is 0.0864. The summed E-state index contributed by atoms with van der Waals surface area (Å²) in [5.74, 6) is -2.12. The molecule has 0 spiro atoms. The fourth-order valence-electron chi connectivity index (χ4n) is 3.79. The van der Waals surface area contributed by atoms with Crippen LogP contribution < -0.4 is 10.6 Å². The highest BCUT2D eigenvalue weighted by atomic mass is 32.2. The number of non-ortho nitro benzene ring substituents is 1. The first kappa shape index (κ1) is 27.0. The molecule has 38 heavy (non-hydrogen) atoms. The first-order chi connectivity index (χ1) is 18.2. The van der Waals surface area contributed by atoms with E-state index in [1.54, 1.807) is 0 Å². The van der Waals surface area contributed by atoms with E-state index >= 15 is 0 Å². The van der Waals surface area contributed by atoms with Crippen molar-refractivity contribution in [2.24, 2.45) is 5.16 Å². The first-order valence-corrected chi connectivity index (χ1v) is 12.8. The predicted molar refractivity (Wildman–Crippen MR) is 133 cm³/mol. The van der Waals surface area contributed by atoms with Crippen LogP contribution in [-0.2, 0) is 35.4 Å². The third-order valence-electron chi connectivity index (χ3n) is 5.56. The normalized spacial score (nSPS) is 22.5. The number of carbonyl (C=O) groups is 4. The first-order valence-electron chi connectivity index (χ1n) is 10.8. The highest BCUT2D eigenvalue weighted by molar-refractivity contribution is 8.00. The van der Waals surface area contributed by atoms with Gasteiger partial charge >= 0.3 is 5.97 Å². The van der Waals surface area contributed by atoms with Gasteiger partial charge in [-0.15, -0.1) is 23.1 Å². The zero-order valence-corrected chi connectivity index (χ0v) is 21.1. The number of benzene rings is 1. The summed E-state index contributed by atoms with van der Waals surface area (Å²) in [7, 11) is 1.23. The van der Waals surface area contributed by atoms with Crippen molar-refractivity contribution < 1.29 is 38.8 Å². The van der Waals surface area contributed by atoms with Crippen LogP contribution in [0.15, 0.2) is 34.8 Å². The van der Waals surface area contributed by atoms with E-state index in [-0.39, 0.29) is 34.6 Å². The minimum atomic E-state index is -1.29. The van der Waals surface area contributed by atoms with Gasteiger partial charge in [-0.25, -0.2) is 9.78 Å². The number of hydrogen-bond acceptors (Lipinski definition) is 13. The number of anilines is 1. The molecule has 0 bridgehead atoms. The summed E-state index contributed by atoms with van der Waals surface area (Å²) in [5, 5.41) is 30.9. The number of ether oxygens (including phenoxy) is 1. The van der Waals surface area contributed by atoms with Crippen LogP contribution in [0.1, 0.15) is 11.3 Å². The third kappa shape index (κ3) is 5.43. The van der Waals surface area contributed by atoms with Crippen LogP contribution in [0, 0.1) is 10.1 Å². The van der Waals surface area contributed by atoms with Gasteiger partial charge in [-0.05, 0) is 17.7 Å². The van der Waals surface area contributed by atoms with Gasteiger partial charge in [-0.1, -0.05) is 5.16 Å². The molecule has 0 saturated carbocycles. The number of oxime groups is 1. The number of thiazole rings is 1. The number of rotatable bonds is 10. The van der Waals surface area contributed by atoms with Gasteiger partial charge in [0, 0.05) is 23.3 Å². The highest BCUT2D eigenvalue weighted by Gasteiger charge is 2.58. The zero-order valence-electron chi connectivity index (χ0n) is 19.5. The molecule has 200 valence electrons. The standard InChI is InChI=1S/C21H20N6O9S2/c1-35-25-14(12-7-38-21(23-12)22-9-28)17(30)24-15-18(31)26-16(13(29)8-37-19(15)26)20(32)36-6-10-2-4-11(5-3-10)27(33)34/h2-5,7,9,13,15-16,19,29H,6,8H2,1H3,(H,24,30)(H,22,23,28)/b25-14-/t13?,15?,16?,19-/m1/s1. The number of aromatic nitrogens is 1. The molecule has 3 amide bonds. The predicted octanol–water partition coefficient (Wildman–Crippen LogP) is -0.157. The number of fused-ring (bicyclic) bond motifs is 1. The van der Waals surface area contributed by atoms with E-state index in [9.17, 15) is 34.4 Å². The van der Waals surface area contributed by atoms with Crippen molar-refractivity contribution in [2.75, 3.05) is 18.2 Å². The summed E-state index contributed by atoms with van der Waals surface area (Å²) in [5.41, 5.74) is 0.253. The van der Waals surface area contributed by atoms with Crippen molar-refractivity contribution in [1.29, 1.82) is 0 Å². The van der Waals surface area contributed by atoms with Crippen LogP contribution in [0.5, 0.6) is 0 Å². The average Bonchev–Trinajstić information content (AvgIpc) is 3.37. The molecular weight excluding hydrogens is 544 g/mol. The molecule has 4 atom stereocenters. The number of aliphatic hydroxyl groups excluding tert-OH is 1. The van der Waals surface area contributed by atoms with Gasteiger partial charge in [-0.3, -0.25) is 24.5 Å². The number of esters is 1. The molecule has 4 rings (SSSR count). The number of hydrogen-bond donors (Lipinski definition) is 3. The molecule has 2 saturated heterocycles. The maximum atomic E-state index is 13.0. The summed E-state index contributed by atoms with van der Waals surface area (Å²) in [4.78, 5) is 69.5. The van der Waals surface area contributed by atoms with Crippen molar-refractivity contribution in [2.45, 2.75) is 30.2 Å². The van der Waals surface area contributed by atoms with Gasteiger partial charge in [0.1, 0.15) is 30.8 Å². The lowest BCUT2D eigenvalue weighted by Gasteiger charge is -2.53. The Morgan fingerprint density at radius 2 is 2.11 bits per heavy atom. The Kier molecular flexibility index (Phi) is 8.18. The number of nitro benzene ring substituents is 1. The zero-order chi connectivity index (χ0) is 27.4. The summed E-state index contributed by atoms with van der Waals surface area (Å²) in [6.07, 6.45) is -0.773. The molecule has 3 heterocycles. The second-order valence-corrected chi connectivity index (χ2v) is 9.89. The molecule has 2 aliphatic heterocycles. The molecule has 1 aromatic heterocycles. The summed E-state index contributed by atoms with van der Waals surface area (Å²) >= 11 is 2.24. The van der Waals surface area contributed by atoms with Crippen molar-refractivity contribution in [3.05, 3.63) is 51.0 Å². The fourth-order valence-corrected chi connectivity index (χ4v) is 5.80. The topological polar surface area (TPSA) is 203 Å².